The third-order valence-electron chi connectivity index (χ3n) is 4.40. The number of aromatic nitrogens is 1. The molecular weight excluding hydrogens is 238 g/mol. The molecule has 0 aromatic carbocycles. The Morgan fingerprint density at radius 2 is 2.29 bits per heavy atom. The number of carboxylic acid groups (broad SMARTS) is 1. The summed E-state index contributed by atoms with van der Waals surface area (Å²) in [5, 5.41) is 9.62. The summed E-state index contributed by atoms with van der Waals surface area (Å²) in [5.74, 6) is 1.46. The van der Waals surface area contributed by atoms with Crippen LogP contribution in [-0.4, -0.2) is 15.6 Å². The molecule has 4 heteroatoms. The van der Waals surface area contributed by atoms with Gasteiger partial charge < -0.3 is 9.67 Å². The molecule has 2 fully saturated rings. The fourth-order valence-corrected chi connectivity index (χ4v) is 3.88. The molecule has 17 heavy (non-hydrogen) atoms. The van der Waals surface area contributed by atoms with Gasteiger partial charge in [0.05, 0.1) is 5.02 Å². The normalized spacial score (nSPS) is 31.0. The number of aromatic carboxylic acids is 1. The van der Waals surface area contributed by atoms with Gasteiger partial charge in [-0.1, -0.05) is 18.0 Å². The lowest BCUT2D eigenvalue weighted by Gasteiger charge is -2.22. The number of hydrogen-bond donors (Lipinski definition) is 1. The van der Waals surface area contributed by atoms with E-state index in [1.54, 1.807) is 6.20 Å². The molecule has 0 spiro atoms. The van der Waals surface area contributed by atoms with Gasteiger partial charge in [0.25, 0.3) is 0 Å². The van der Waals surface area contributed by atoms with Crippen molar-refractivity contribution in [1.29, 1.82) is 0 Å². The van der Waals surface area contributed by atoms with Gasteiger partial charge in [0.2, 0.25) is 0 Å². The number of nitrogens with zero attached hydrogens (tertiary/aromatic N) is 1. The highest BCUT2D eigenvalue weighted by atomic mass is 35.5. The van der Waals surface area contributed by atoms with Crippen LogP contribution >= 0.6 is 11.6 Å². The molecule has 3 nitrogen and oxygen atoms in total. The van der Waals surface area contributed by atoms with E-state index in [2.05, 4.69) is 0 Å². The Balaban J connectivity index is 1.79. The molecule has 1 aromatic heterocycles. The average molecular weight is 254 g/mol. The number of halogens is 1. The lowest BCUT2D eigenvalue weighted by atomic mass is 9.89. The number of fused-ring (bicyclic) bond motifs is 2. The SMILES string of the molecule is O=C(O)c1cc(Cl)cn1CC1CC2CCC1C2. The van der Waals surface area contributed by atoms with Crippen LogP contribution < -0.4 is 0 Å². The molecule has 0 amide bonds. The van der Waals surface area contributed by atoms with Crippen LogP contribution in [0, 0.1) is 17.8 Å². The molecule has 3 unspecified atom stereocenters. The molecule has 92 valence electrons. The Labute approximate surface area is 105 Å². The summed E-state index contributed by atoms with van der Waals surface area (Å²) in [5.41, 5.74) is 0.317. The van der Waals surface area contributed by atoms with E-state index in [0.29, 0.717) is 16.6 Å². The van der Waals surface area contributed by atoms with Crippen molar-refractivity contribution < 1.29 is 9.90 Å². The zero-order valence-corrected chi connectivity index (χ0v) is 10.4. The monoisotopic (exact) mass is 253 g/mol. The number of rotatable bonds is 3. The zero-order chi connectivity index (χ0) is 12.0. The standard InChI is InChI=1S/C13H16ClNO2/c14-11-5-12(13(16)17)15(7-11)6-10-4-8-1-2-9(10)3-8/h5,7-10H,1-4,6H2,(H,16,17). The molecule has 1 heterocycles. The smallest absolute Gasteiger partial charge is 0.352 e. The van der Waals surface area contributed by atoms with Crippen molar-refractivity contribution in [2.24, 2.45) is 17.8 Å². The molecule has 0 radical (unpaired) electrons. The molecule has 3 atom stereocenters. The summed E-state index contributed by atoms with van der Waals surface area (Å²) in [6.45, 7) is 0.815. The van der Waals surface area contributed by atoms with Gasteiger partial charge in [-0.05, 0) is 43.1 Å². The van der Waals surface area contributed by atoms with E-state index in [-0.39, 0.29) is 0 Å². The number of hydrogen-bond acceptors (Lipinski definition) is 1. The van der Waals surface area contributed by atoms with Crippen LogP contribution in [-0.2, 0) is 6.54 Å². The van der Waals surface area contributed by atoms with Gasteiger partial charge in [0.1, 0.15) is 5.69 Å². The van der Waals surface area contributed by atoms with E-state index in [0.717, 1.165) is 18.4 Å². The molecule has 2 aliphatic carbocycles. The lowest BCUT2D eigenvalue weighted by molar-refractivity contribution is 0.0683. The third-order valence-corrected chi connectivity index (χ3v) is 4.60. The third kappa shape index (κ3) is 1.97. The molecule has 0 aliphatic heterocycles. The molecule has 1 N–H and O–H groups in total. The van der Waals surface area contributed by atoms with E-state index in [1.165, 1.54) is 31.7 Å². The predicted molar refractivity (Wildman–Crippen MR) is 65.3 cm³/mol. The van der Waals surface area contributed by atoms with Crippen molar-refractivity contribution in [3.63, 3.8) is 0 Å². The summed E-state index contributed by atoms with van der Waals surface area (Å²) in [6.07, 6.45) is 7.06. The minimum atomic E-state index is -0.889. The first-order valence-corrected chi connectivity index (χ1v) is 6.60. The summed E-state index contributed by atoms with van der Waals surface area (Å²) < 4.78 is 1.82. The molecule has 2 saturated carbocycles. The van der Waals surface area contributed by atoms with Crippen molar-refractivity contribution in [3.05, 3.63) is 23.0 Å². The van der Waals surface area contributed by atoms with Gasteiger partial charge in [-0.15, -0.1) is 0 Å². The molecule has 2 bridgehead atoms. The van der Waals surface area contributed by atoms with E-state index in [4.69, 9.17) is 16.7 Å². The van der Waals surface area contributed by atoms with Gasteiger partial charge in [-0.3, -0.25) is 0 Å². The molecule has 2 aliphatic rings. The van der Waals surface area contributed by atoms with Crippen molar-refractivity contribution >= 4 is 17.6 Å². The highest BCUT2D eigenvalue weighted by Crippen LogP contribution is 2.48. The second-order valence-electron chi connectivity index (χ2n) is 5.44. The highest BCUT2D eigenvalue weighted by Gasteiger charge is 2.39. The zero-order valence-electron chi connectivity index (χ0n) is 9.60. The maximum Gasteiger partial charge on any atom is 0.352 e. The van der Waals surface area contributed by atoms with Crippen LogP contribution in [0.15, 0.2) is 12.3 Å². The van der Waals surface area contributed by atoms with Gasteiger partial charge >= 0.3 is 5.97 Å². The van der Waals surface area contributed by atoms with Crippen LogP contribution in [0.25, 0.3) is 0 Å². The minimum absolute atomic E-state index is 0.317. The van der Waals surface area contributed by atoms with Crippen LogP contribution in [0.5, 0.6) is 0 Å². The Morgan fingerprint density at radius 3 is 2.88 bits per heavy atom. The largest absolute Gasteiger partial charge is 0.477 e. The first-order valence-electron chi connectivity index (χ1n) is 6.22. The van der Waals surface area contributed by atoms with Gasteiger partial charge in [-0.25, -0.2) is 4.79 Å². The Kier molecular flexibility index (Phi) is 2.66. The minimum Gasteiger partial charge on any atom is -0.477 e. The fourth-order valence-electron chi connectivity index (χ4n) is 3.66. The van der Waals surface area contributed by atoms with Crippen molar-refractivity contribution in [3.8, 4) is 0 Å². The lowest BCUT2D eigenvalue weighted by Crippen LogP contribution is -2.19. The predicted octanol–water partition coefficient (Wildman–Crippen LogP) is 3.28. The summed E-state index contributed by atoms with van der Waals surface area (Å²) in [7, 11) is 0. The highest BCUT2D eigenvalue weighted by molar-refractivity contribution is 6.30. The number of carbonyl (C=O) groups is 1. The second-order valence-corrected chi connectivity index (χ2v) is 5.87. The average Bonchev–Trinajstić information content (AvgIpc) is 2.93. The first kappa shape index (κ1) is 11.1. The van der Waals surface area contributed by atoms with E-state index in [9.17, 15) is 4.79 Å². The quantitative estimate of drug-likeness (QED) is 0.898. The van der Waals surface area contributed by atoms with Gasteiger partial charge in [-0.2, -0.15) is 0 Å². The maximum absolute atomic E-state index is 11.1. The van der Waals surface area contributed by atoms with Crippen molar-refractivity contribution in [1.82, 2.24) is 4.57 Å². The van der Waals surface area contributed by atoms with E-state index < -0.39 is 5.97 Å². The van der Waals surface area contributed by atoms with Gasteiger partial charge in [0.15, 0.2) is 0 Å². The molecule has 0 saturated heterocycles. The fraction of sp³-hybridized carbons (Fsp3) is 0.615. The van der Waals surface area contributed by atoms with Crippen LogP contribution in [0.3, 0.4) is 0 Å². The summed E-state index contributed by atoms with van der Waals surface area (Å²) in [6, 6.07) is 1.54. The number of carboxylic acids is 1. The second kappa shape index (κ2) is 4.05. The van der Waals surface area contributed by atoms with E-state index in [1.807, 2.05) is 4.57 Å². The molecule has 1 aromatic rings. The van der Waals surface area contributed by atoms with Gasteiger partial charge in [0, 0.05) is 12.7 Å². The maximum atomic E-state index is 11.1. The first-order chi connectivity index (χ1) is 8.13. The Hall–Kier alpha value is -0.960. The van der Waals surface area contributed by atoms with Crippen LogP contribution in [0.1, 0.15) is 36.2 Å². The van der Waals surface area contributed by atoms with Crippen molar-refractivity contribution in [2.45, 2.75) is 32.2 Å². The Morgan fingerprint density at radius 1 is 1.47 bits per heavy atom. The topological polar surface area (TPSA) is 42.2 Å². The van der Waals surface area contributed by atoms with Crippen LogP contribution in [0.2, 0.25) is 5.02 Å². The Bertz CT molecular complexity index is 454. The van der Waals surface area contributed by atoms with Crippen LogP contribution in [0.4, 0.5) is 0 Å². The summed E-state index contributed by atoms with van der Waals surface area (Å²) in [4.78, 5) is 11.1. The molecule has 3 rings (SSSR count). The molecular formula is C13H16ClNO2. The van der Waals surface area contributed by atoms with E-state index >= 15 is 0 Å². The van der Waals surface area contributed by atoms with Crippen molar-refractivity contribution in [2.75, 3.05) is 0 Å². The summed E-state index contributed by atoms with van der Waals surface area (Å²) >= 11 is 5.89.